The third kappa shape index (κ3) is 5.04. The van der Waals surface area contributed by atoms with Crippen LogP contribution in [-0.4, -0.2) is 39.2 Å². The van der Waals surface area contributed by atoms with Crippen molar-refractivity contribution in [2.75, 3.05) is 13.6 Å². The highest BCUT2D eigenvalue weighted by Crippen LogP contribution is 2.27. The lowest BCUT2D eigenvalue weighted by Crippen LogP contribution is -2.31. The zero-order chi connectivity index (χ0) is 23.3. The minimum atomic E-state index is -0.0692. The molecule has 0 aromatic carbocycles. The Kier molecular flexibility index (Phi) is 7.41. The van der Waals surface area contributed by atoms with Gasteiger partial charge in [0.15, 0.2) is 0 Å². The first kappa shape index (κ1) is 23.2. The van der Waals surface area contributed by atoms with E-state index in [1.165, 1.54) is 11.6 Å². The predicted octanol–water partition coefficient (Wildman–Crippen LogP) is 3.32. The van der Waals surface area contributed by atoms with E-state index >= 15 is 0 Å². The second-order valence-electron chi connectivity index (χ2n) is 8.01. The Balaban J connectivity index is 1.95. The molecule has 1 aliphatic heterocycles. The average molecular weight is 433 g/mol. The van der Waals surface area contributed by atoms with Crippen LogP contribution in [0.15, 0.2) is 57.4 Å². The highest BCUT2D eigenvalue weighted by Gasteiger charge is 2.21. The number of fused-ring (bicyclic) bond motifs is 1. The molecule has 2 aromatic heterocycles. The molecule has 0 radical (unpaired) electrons. The molecular formula is C25H32N6O. The Morgan fingerprint density at radius 3 is 2.78 bits per heavy atom. The van der Waals surface area contributed by atoms with Gasteiger partial charge < -0.3 is 10.6 Å². The maximum Gasteiger partial charge on any atom is 0.253 e. The number of nitrogens with two attached hydrogens (primary N) is 1. The van der Waals surface area contributed by atoms with Crippen LogP contribution in [0.25, 0.3) is 11.6 Å². The van der Waals surface area contributed by atoms with E-state index in [1.807, 2.05) is 19.2 Å². The highest BCUT2D eigenvalue weighted by atomic mass is 16.1. The molecule has 0 amide bonds. The molecule has 0 saturated carbocycles. The first-order valence-electron chi connectivity index (χ1n) is 10.9. The second-order valence-corrected chi connectivity index (χ2v) is 8.01. The second kappa shape index (κ2) is 10.2. The summed E-state index contributed by atoms with van der Waals surface area (Å²) < 4.78 is 1.56. The van der Waals surface area contributed by atoms with Gasteiger partial charge in [-0.2, -0.15) is 0 Å². The summed E-state index contributed by atoms with van der Waals surface area (Å²) in [6, 6.07) is 3.64. The van der Waals surface area contributed by atoms with Crippen molar-refractivity contribution in [3.8, 4) is 0 Å². The van der Waals surface area contributed by atoms with E-state index in [0.29, 0.717) is 5.82 Å². The summed E-state index contributed by atoms with van der Waals surface area (Å²) in [6.07, 6.45) is 11.2. The largest absolute Gasteiger partial charge is 0.402 e. The molecule has 2 aromatic rings. The van der Waals surface area contributed by atoms with E-state index in [4.69, 9.17) is 10.7 Å². The molecule has 0 saturated heterocycles. The van der Waals surface area contributed by atoms with Crippen LogP contribution in [0.4, 0.5) is 0 Å². The lowest BCUT2D eigenvalue weighted by atomic mass is 9.98. The van der Waals surface area contributed by atoms with Gasteiger partial charge in [-0.15, -0.1) is 0 Å². The standard InChI is InChI=1S/C25H32N6O/c1-6-7-23(17(2)12-24-28-10-8-25(32)30(24)5)31-11-9-22-20(16-31)13-19(14-29-22)21(15-27-4)18(3)26/h7-8,10,12-15H,6,9,11,16,26H2,1-5H3/b17-12-,21-18+,23-7-,27-15?. The van der Waals surface area contributed by atoms with Crippen LogP contribution in [0.3, 0.4) is 0 Å². The molecule has 7 heteroatoms. The Morgan fingerprint density at radius 2 is 2.09 bits per heavy atom. The van der Waals surface area contributed by atoms with Crippen molar-refractivity contribution < 1.29 is 0 Å². The molecule has 168 valence electrons. The van der Waals surface area contributed by atoms with Gasteiger partial charge in [-0.25, -0.2) is 4.98 Å². The van der Waals surface area contributed by atoms with Gasteiger partial charge in [0.25, 0.3) is 5.56 Å². The van der Waals surface area contributed by atoms with Crippen molar-refractivity contribution in [1.29, 1.82) is 0 Å². The van der Waals surface area contributed by atoms with Crippen LogP contribution in [0, 0.1) is 0 Å². The van der Waals surface area contributed by atoms with Gasteiger partial charge in [-0.05, 0) is 43.5 Å². The Bertz CT molecular complexity index is 1170. The summed E-state index contributed by atoms with van der Waals surface area (Å²) in [5.74, 6) is 0.644. The molecule has 0 bridgehead atoms. The molecule has 0 aliphatic carbocycles. The number of hydrogen-bond acceptors (Lipinski definition) is 6. The number of rotatable bonds is 6. The van der Waals surface area contributed by atoms with Crippen molar-refractivity contribution in [3.05, 3.63) is 80.6 Å². The van der Waals surface area contributed by atoms with Crippen LogP contribution in [0.2, 0.25) is 0 Å². The quantitative estimate of drug-likeness (QED) is 0.559. The molecule has 0 spiro atoms. The zero-order valence-corrected chi connectivity index (χ0v) is 19.6. The number of aliphatic imine (C=N–C) groups is 1. The first-order chi connectivity index (χ1) is 15.3. The Morgan fingerprint density at radius 1 is 1.31 bits per heavy atom. The lowest BCUT2D eigenvalue weighted by molar-refractivity contribution is 0.324. The van der Waals surface area contributed by atoms with Gasteiger partial charge in [-0.3, -0.25) is 19.3 Å². The lowest BCUT2D eigenvalue weighted by Gasteiger charge is -2.33. The zero-order valence-electron chi connectivity index (χ0n) is 19.6. The van der Waals surface area contributed by atoms with Gasteiger partial charge in [0.2, 0.25) is 0 Å². The third-order valence-corrected chi connectivity index (χ3v) is 5.62. The summed E-state index contributed by atoms with van der Waals surface area (Å²) in [5.41, 5.74) is 13.2. The van der Waals surface area contributed by atoms with Crippen LogP contribution >= 0.6 is 0 Å². The molecule has 0 atom stereocenters. The summed E-state index contributed by atoms with van der Waals surface area (Å²) in [6.45, 7) is 7.72. The van der Waals surface area contributed by atoms with E-state index < -0.39 is 0 Å². The summed E-state index contributed by atoms with van der Waals surface area (Å²) in [7, 11) is 3.48. The number of hydrogen-bond donors (Lipinski definition) is 1. The molecule has 2 N–H and O–H groups in total. The number of pyridine rings is 1. The third-order valence-electron chi connectivity index (χ3n) is 5.62. The number of nitrogens with zero attached hydrogens (tertiary/aromatic N) is 5. The Hall–Kier alpha value is -3.48. The van der Waals surface area contributed by atoms with E-state index in [9.17, 15) is 4.79 Å². The van der Waals surface area contributed by atoms with Gasteiger partial charge >= 0.3 is 0 Å². The van der Waals surface area contributed by atoms with Gasteiger partial charge in [0.1, 0.15) is 5.82 Å². The minimum Gasteiger partial charge on any atom is -0.402 e. The minimum absolute atomic E-state index is 0.0692. The highest BCUT2D eigenvalue weighted by molar-refractivity contribution is 6.10. The summed E-state index contributed by atoms with van der Waals surface area (Å²) in [4.78, 5) is 27.6. The van der Waals surface area contributed by atoms with E-state index in [1.54, 1.807) is 31.1 Å². The average Bonchev–Trinajstić information content (AvgIpc) is 2.78. The van der Waals surface area contributed by atoms with Crippen molar-refractivity contribution in [3.63, 3.8) is 0 Å². The molecule has 32 heavy (non-hydrogen) atoms. The predicted molar refractivity (Wildman–Crippen MR) is 131 cm³/mol. The molecular weight excluding hydrogens is 400 g/mol. The van der Waals surface area contributed by atoms with E-state index in [0.717, 1.165) is 59.7 Å². The molecule has 0 fully saturated rings. The fourth-order valence-corrected chi connectivity index (χ4v) is 3.94. The fraction of sp³-hybridized carbons (Fsp3) is 0.360. The summed E-state index contributed by atoms with van der Waals surface area (Å²) in [5, 5.41) is 0. The molecule has 1 aliphatic rings. The molecule has 3 heterocycles. The van der Waals surface area contributed by atoms with Gasteiger partial charge in [0, 0.05) is 86.5 Å². The normalized spacial score (nSPS) is 15.7. The van der Waals surface area contributed by atoms with Crippen molar-refractivity contribution in [2.24, 2.45) is 17.8 Å². The SMILES string of the molecule is CC/C=C(/C(C)=C\c1nccc(=O)n1C)N1CCc2ncc(/C(C=NC)=C(\C)N)cc2C1. The van der Waals surface area contributed by atoms with Crippen LogP contribution < -0.4 is 11.3 Å². The fourth-order valence-electron chi connectivity index (χ4n) is 3.94. The van der Waals surface area contributed by atoms with Crippen molar-refractivity contribution in [1.82, 2.24) is 19.4 Å². The van der Waals surface area contributed by atoms with Crippen molar-refractivity contribution in [2.45, 2.75) is 40.2 Å². The number of allylic oxidation sites excluding steroid dienone is 4. The van der Waals surface area contributed by atoms with Crippen LogP contribution in [0.5, 0.6) is 0 Å². The van der Waals surface area contributed by atoms with Gasteiger partial charge in [-0.1, -0.05) is 13.0 Å². The molecule has 7 nitrogen and oxygen atoms in total. The van der Waals surface area contributed by atoms with E-state index in [2.05, 4.69) is 40.9 Å². The Labute approximate surface area is 189 Å². The maximum atomic E-state index is 12.0. The monoisotopic (exact) mass is 432 g/mol. The van der Waals surface area contributed by atoms with Crippen LogP contribution in [-0.2, 0) is 20.0 Å². The number of aromatic nitrogens is 3. The van der Waals surface area contributed by atoms with Crippen molar-refractivity contribution >= 4 is 17.9 Å². The maximum absolute atomic E-state index is 12.0. The molecule has 3 rings (SSSR count). The summed E-state index contributed by atoms with van der Waals surface area (Å²) >= 11 is 0. The topological polar surface area (TPSA) is 89.4 Å². The first-order valence-corrected chi connectivity index (χ1v) is 10.9. The van der Waals surface area contributed by atoms with Crippen LogP contribution in [0.1, 0.15) is 49.8 Å². The van der Waals surface area contributed by atoms with E-state index in [-0.39, 0.29) is 5.56 Å². The van der Waals surface area contributed by atoms with Gasteiger partial charge in [0.05, 0.1) is 0 Å². The molecule has 0 unspecified atom stereocenters. The smallest absolute Gasteiger partial charge is 0.253 e.